The lowest BCUT2D eigenvalue weighted by molar-refractivity contribution is -0.123. The Morgan fingerprint density at radius 3 is 2.48 bits per heavy atom. The van der Waals surface area contributed by atoms with E-state index in [1.807, 2.05) is 68.4 Å². The molecule has 11 heteroatoms. The van der Waals surface area contributed by atoms with Crippen molar-refractivity contribution < 1.29 is 23.5 Å². The molecule has 0 radical (unpaired) electrons. The van der Waals surface area contributed by atoms with Crippen molar-refractivity contribution >= 4 is 41.0 Å². The normalized spacial score (nSPS) is 14.5. The monoisotopic (exact) mass is 656 g/mol. The zero-order chi connectivity index (χ0) is 32.4. The first-order valence-corrected chi connectivity index (χ1v) is 16.1. The maximum Gasteiger partial charge on any atom is 0.240 e. The van der Waals surface area contributed by atoms with Crippen LogP contribution in [-0.2, 0) is 16.1 Å². The third kappa shape index (κ3) is 5.98. The van der Waals surface area contributed by atoms with Gasteiger partial charge in [0.1, 0.15) is 35.3 Å². The molecule has 6 rings (SSSR count). The number of aryl methyl sites for hydroxylation is 2. The van der Waals surface area contributed by atoms with E-state index in [2.05, 4.69) is 11.4 Å². The molecule has 1 aliphatic heterocycles. The fourth-order valence-corrected chi connectivity index (χ4v) is 7.27. The molecule has 3 heterocycles. The number of amides is 2. The summed E-state index contributed by atoms with van der Waals surface area (Å²) in [5, 5.41) is 8.24. The molecule has 1 unspecified atom stereocenters. The van der Waals surface area contributed by atoms with Crippen LogP contribution in [0.5, 0.6) is 11.5 Å². The van der Waals surface area contributed by atoms with Gasteiger partial charge in [-0.05, 0) is 61.4 Å². The van der Waals surface area contributed by atoms with Crippen molar-refractivity contribution in [2.24, 2.45) is 0 Å². The average Bonchev–Trinajstić information content (AvgIpc) is 3.68. The van der Waals surface area contributed by atoms with E-state index in [4.69, 9.17) is 30.6 Å². The first-order chi connectivity index (χ1) is 22.3. The molecule has 9 nitrogen and oxygen atoms in total. The fourth-order valence-electron chi connectivity index (χ4n) is 5.73. The molecule has 1 atom stereocenters. The van der Waals surface area contributed by atoms with Crippen LogP contribution in [0.1, 0.15) is 33.3 Å². The molecule has 0 saturated heterocycles. The molecule has 1 aliphatic rings. The summed E-state index contributed by atoms with van der Waals surface area (Å²) < 4.78 is 18.9. The van der Waals surface area contributed by atoms with Crippen molar-refractivity contribution in [3.63, 3.8) is 0 Å². The number of carbonyl (C=O) groups excluding carboxylic acids is 2. The number of hydrogen-bond acceptors (Lipinski definition) is 7. The van der Waals surface area contributed by atoms with E-state index in [1.165, 1.54) is 16.7 Å². The molecule has 236 valence electrons. The minimum atomic E-state index is -0.423. The molecular formula is C35H33ClN4O5S. The van der Waals surface area contributed by atoms with E-state index < -0.39 is 5.25 Å². The van der Waals surface area contributed by atoms with Crippen LogP contribution in [0.15, 0.2) is 83.5 Å². The summed E-state index contributed by atoms with van der Waals surface area (Å²) in [5.74, 6) is 1.70. The third-order valence-electron chi connectivity index (χ3n) is 7.86. The van der Waals surface area contributed by atoms with Gasteiger partial charge >= 0.3 is 0 Å². The molecule has 2 aromatic heterocycles. The highest BCUT2D eigenvalue weighted by molar-refractivity contribution is 8.00. The summed E-state index contributed by atoms with van der Waals surface area (Å²) >= 11 is 8.28. The van der Waals surface area contributed by atoms with Crippen LogP contribution in [0.3, 0.4) is 0 Å². The molecule has 5 aromatic rings. The van der Waals surface area contributed by atoms with Gasteiger partial charge in [0.15, 0.2) is 0 Å². The summed E-state index contributed by atoms with van der Waals surface area (Å²) in [6, 6.07) is 22.7. The molecule has 0 aliphatic carbocycles. The Bertz CT molecular complexity index is 1880. The van der Waals surface area contributed by atoms with Gasteiger partial charge in [-0.25, -0.2) is 4.68 Å². The van der Waals surface area contributed by atoms with Crippen LogP contribution < -0.4 is 19.7 Å². The molecule has 1 N–H and O–H groups in total. The number of fused-ring (bicyclic) bond motifs is 1. The zero-order valence-corrected chi connectivity index (χ0v) is 27.4. The Labute approximate surface area is 276 Å². The van der Waals surface area contributed by atoms with E-state index in [-0.39, 0.29) is 30.7 Å². The number of halogens is 1. The molecule has 0 fully saturated rings. The Balaban J connectivity index is 1.64. The highest BCUT2D eigenvalue weighted by Crippen LogP contribution is 2.52. The number of benzene rings is 3. The number of aromatic nitrogens is 2. The number of ether oxygens (including phenoxy) is 2. The van der Waals surface area contributed by atoms with Gasteiger partial charge in [-0.1, -0.05) is 53.6 Å². The van der Waals surface area contributed by atoms with E-state index in [0.717, 1.165) is 22.4 Å². The predicted octanol–water partition coefficient (Wildman–Crippen LogP) is 6.91. The number of rotatable bonds is 9. The summed E-state index contributed by atoms with van der Waals surface area (Å²) in [6.07, 6.45) is 1.55. The van der Waals surface area contributed by atoms with Crippen molar-refractivity contribution in [2.75, 3.05) is 31.4 Å². The summed E-state index contributed by atoms with van der Waals surface area (Å²) in [4.78, 5) is 29.1. The Morgan fingerprint density at radius 2 is 1.80 bits per heavy atom. The van der Waals surface area contributed by atoms with Gasteiger partial charge in [-0.3, -0.25) is 14.5 Å². The first-order valence-electron chi connectivity index (χ1n) is 14.7. The first kappa shape index (κ1) is 31.3. The number of carbonyl (C=O) groups is 2. The number of methoxy groups -OCH3 is 2. The fraction of sp³-hybridized carbons (Fsp3) is 0.229. The molecule has 3 aromatic carbocycles. The maximum atomic E-state index is 14.1. The lowest BCUT2D eigenvalue weighted by Crippen LogP contribution is -2.42. The number of thioether (sulfide) groups is 1. The van der Waals surface area contributed by atoms with Gasteiger partial charge in [0.05, 0.1) is 49.3 Å². The molecule has 0 saturated carbocycles. The minimum Gasteiger partial charge on any atom is -0.496 e. The number of hydrogen-bond donors (Lipinski definition) is 1. The van der Waals surface area contributed by atoms with Crippen molar-refractivity contribution in [3.8, 4) is 28.4 Å². The summed E-state index contributed by atoms with van der Waals surface area (Å²) in [7, 11) is 3.19. The van der Waals surface area contributed by atoms with Gasteiger partial charge < -0.3 is 19.2 Å². The second kappa shape index (κ2) is 13.4. The largest absolute Gasteiger partial charge is 0.496 e. The number of nitrogens with zero attached hydrogens (tertiary/aromatic N) is 3. The summed E-state index contributed by atoms with van der Waals surface area (Å²) in [5.41, 5.74) is 5.51. The van der Waals surface area contributed by atoms with Gasteiger partial charge in [0.2, 0.25) is 11.8 Å². The van der Waals surface area contributed by atoms with Crippen molar-refractivity contribution in [1.29, 1.82) is 0 Å². The van der Waals surface area contributed by atoms with E-state index in [1.54, 1.807) is 37.3 Å². The molecule has 0 spiro atoms. The quantitative estimate of drug-likeness (QED) is 0.184. The molecule has 2 amide bonds. The van der Waals surface area contributed by atoms with E-state index >= 15 is 0 Å². The average molecular weight is 657 g/mol. The molecule has 46 heavy (non-hydrogen) atoms. The third-order valence-corrected chi connectivity index (χ3v) is 9.44. The minimum absolute atomic E-state index is 0.103. The van der Waals surface area contributed by atoms with Crippen LogP contribution in [0.2, 0.25) is 5.02 Å². The Morgan fingerprint density at radius 1 is 1.04 bits per heavy atom. The van der Waals surface area contributed by atoms with Crippen molar-refractivity contribution in [3.05, 3.63) is 112 Å². The van der Waals surface area contributed by atoms with Crippen LogP contribution in [-0.4, -0.2) is 48.1 Å². The van der Waals surface area contributed by atoms with Gasteiger partial charge in [0.25, 0.3) is 0 Å². The summed E-state index contributed by atoms with van der Waals surface area (Å²) in [6.45, 7) is 3.98. The number of nitrogens with one attached hydrogen (secondary N) is 1. The van der Waals surface area contributed by atoms with Gasteiger partial charge in [-0.2, -0.15) is 5.10 Å². The maximum absolute atomic E-state index is 14.1. The van der Waals surface area contributed by atoms with Gasteiger partial charge in [0, 0.05) is 10.6 Å². The van der Waals surface area contributed by atoms with Crippen LogP contribution >= 0.6 is 23.4 Å². The van der Waals surface area contributed by atoms with E-state index in [0.29, 0.717) is 44.9 Å². The van der Waals surface area contributed by atoms with Gasteiger partial charge in [-0.15, -0.1) is 11.8 Å². The SMILES string of the molecule is COc1cccc(OC)c1-c1nn(-c2ccc(C)cc2C)c2c1C(c1ccccc1Cl)SCC(=O)N2CC(=O)NCc1ccco1. The topological polar surface area (TPSA) is 98.8 Å². The smallest absolute Gasteiger partial charge is 0.240 e. The van der Waals surface area contributed by atoms with Crippen LogP contribution in [0.4, 0.5) is 5.82 Å². The Kier molecular flexibility index (Phi) is 9.10. The molecular weight excluding hydrogens is 624 g/mol. The van der Waals surface area contributed by atoms with Crippen molar-refractivity contribution in [2.45, 2.75) is 25.6 Å². The zero-order valence-electron chi connectivity index (χ0n) is 25.9. The lowest BCUT2D eigenvalue weighted by atomic mass is 9.98. The van der Waals surface area contributed by atoms with Crippen LogP contribution in [0.25, 0.3) is 16.9 Å². The van der Waals surface area contributed by atoms with Crippen molar-refractivity contribution in [1.82, 2.24) is 15.1 Å². The molecule has 0 bridgehead atoms. The highest BCUT2D eigenvalue weighted by Gasteiger charge is 2.39. The second-order valence-corrected chi connectivity index (χ2v) is 12.4. The lowest BCUT2D eigenvalue weighted by Gasteiger charge is -2.24. The number of anilines is 1. The standard InChI is InChI=1S/C35H33ClN4O5S/c1-21-14-15-26(22(2)17-21)40-35-32(33(38-40)31-27(43-3)12-7-13-28(31)44-4)34(24-10-5-6-11-25(24)36)46-20-30(42)39(35)19-29(41)37-18-23-9-8-16-45-23/h5-17,34H,18-20H2,1-4H3,(H,37,41). The Hall–Kier alpha value is -4.67. The number of furan rings is 1. The highest BCUT2D eigenvalue weighted by atomic mass is 35.5. The predicted molar refractivity (Wildman–Crippen MR) is 180 cm³/mol. The second-order valence-electron chi connectivity index (χ2n) is 10.9. The van der Waals surface area contributed by atoms with Crippen LogP contribution in [0, 0.1) is 13.8 Å². The van der Waals surface area contributed by atoms with E-state index in [9.17, 15) is 9.59 Å².